The predicted molar refractivity (Wildman–Crippen MR) is 93.4 cm³/mol. The molecule has 122 valence electrons. The summed E-state index contributed by atoms with van der Waals surface area (Å²) in [5.74, 6) is -0.111. The quantitative estimate of drug-likeness (QED) is 0.723. The zero-order valence-corrected chi connectivity index (χ0v) is 14.9. The largest absolute Gasteiger partial charge is 0.354 e. The third kappa shape index (κ3) is 5.59. The number of nitrogens with one attached hydrogen (secondary N) is 3. The van der Waals surface area contributed by atoms with Crippen LogP contribution in [0.25, 0.3) is 0 Å². The zero-order valence-electron chi connectivity index (χ0n) is 12.4. The fourth-order valence-corrected chi connectivity index (χ4v) is 2.79. The highest BCUT2D eigenvalue weighted by Crippen LogP contribution is 2.20. The highest BCUT2D eigenvalue weighted by Gasteiger charge is 2.21. The normalized spacial score (nSPS) is 16.7. The Balaban J connectivity index is 0.00000242. The number of hydrogen-bond donors (Lipinski definition) is 3. The molecule has 1 heterocycles. The molecule has 22 heavy (non-hydrogen) atoms. The van der Waals surface area contributed by atoms with E-state index in [-0.39, 0.29) is 36.7 Å². The van der Waals surface area contributed by atoms with Crippen molar-refractivity contribution in [3.63, 3.8) is 0 Å². The Kier molecular flexibility index (Phi) is 7.85. The van der Waals surface area contributed by atoms with Crippen LogP contribution in [0.5, 0.6) is 0 Å². The van der Waals surface area contributed by atoms with E-state index < -0.39 is 0 Å². The molecule has 1 aromatic carbocycles. The minimum atomic E-state index is -0.0971. The van der Waals surface area contributed by atoms with Gasteiger partial charge in [-0.25, -0.2) is 0 Å². The van der Waals surface area contributed by atoms with Crippen molar-refractivity contribution < 1.29 is 9.59 Å². The lowest BCUT2D eigenvalue weighted by molar-refractivity contribution is -0.122. The first-order valence-electron chi connectivity index (χ1n) is 7.13. The summed E-state index contributed by atoms with van der Waals surface area (Å²) in [5.41, 5.74) is 1.80. The molecule has 1 fully saturated rings. The van der Waals surface area contributed by atoms with Gasteiger partial charge >= 0.3 is 0 Å². The summed E-state index contributed by atoms with van der Waals surface area (Å²) in [7, 11) is 0. The molecular formula is C15H21BrClN3O2. The van der Waals surface area contributed by atoms with Gasteiger partial charge in [0, 0.05) is 23.1 Å². The average molecular weight is 391 g/mol. The molecule has 0 spiro atoms. The van der Waals surface area contributed by atoms with Gasteiger partial charge in [-0.05, 0) is 50.1 Å². The molecule has 0 radical (unpaired) electrons. The van der Waals surface area contributed by atoms with Crippen molar-refractivity contribution in [2.24, 2.45) is 0 Å². The number of benzene rings is 1. The zero-order chi connectivity index (χ0) is 15.2. The maximum atomic E-state index is 11.9. The van der Waals surface area contributed by atoms with Crippen LogP contribution >= 0.6 is 28.3 Å². The van der Waals surface area contributed by atoms with Gasteiger partial charge < -0.3 is 16.0 Å². The molecule has 2 amide bonds. The van der Waals surface area contributed by atoms with Gasteiger partial charge in [0.2, 0.25) is 11.8 Å². The summed E-state index contributed by atoms with van der Waals surface area (Å²) < 4.78 is 0.981. The van der Waals surface area contributed by atoms with Crippen LogP contribution < -0.4 is 16.0 Å². The maximum Gasteiger partial charge on any atom is 0.237 e. The van der Waals surface area contributed by atoms with Crippen molar-refractivity contribution in [3.8, 4) is 0 Å². The van der Waals surface area contributed by atoms with Crippen molar-refractivity contribution in [3.05, 3.63) is 28.2 Å². The predicted octanol–water partition coefficient (Wildman–Crippen LogP) is 2.38. The number of halogens is 2. The van der Waals surface area contributed by atoms with Gasteiger partial charge in [0.15, 0.2) is 0 Å². The van der Waals surface area contributed by atoms with Crippen LogP contribution in [0.3, 0.4) is 0 Å². The summed E-state index contributed by atoms with van der Waals surface area (Å²) in [4.78, 5) is 23.6. The SMILES string of the molecule is Cc1cc(Br)ccc1NC(=O)CCNC(=O)C1CCCN1.Cl. The Morgan fingerprint density at radius 1 is 1.41 bits per heavy atom. The van der Waals surface area contributed by atoms with Crippen molar-refractivity contribution in [2.75, 3.05) is 18.4 Å². The van der Waals surface area contributed by atoms with Crippen LogP contribution in [0, 0.1) is 6.92 Å². The molecule has 1 aliphatic heterocycles. The van der Waals surface area contributed by atoms with E-state index in [1.54, 1.807) is 0 Å². The Morgan fingerprint density at radius 2 is 2.18 bits per heavy atom. The summed E-state index contributed by atoms with van der Waals surface area (Å²) in [5, 5.41) is 8.78. The molecule has 1 unspecified atom stereocenters. The van der Waals surface area contributed by atoms with Gasteiger partial charge in [-0.2, -0.15) is 0 Å². The Bertz CT molecular complexity index is 534. The molecule has 1 atom stereocenters. The minimum absolute atomic E-state index is 0. The highest BCUT2D eigenvalue weighted by atomic mass is 79.9. The van der Waals surface area contributed by atoms with E-state index >= 15 is 0 Å². The number of carbonyl (C=O) groups excluding carboxylic acids is 2. The van der Waals surface area contributed by atoms with E-state index in [9.17, 15) is 9.59 Å². The van der Waals surface area contributed by atoms with Gasteiger partial charge in [0.05, 0.1) is 6.04 Å². The molecule has 1 aromatic rings. The van der Waals surface area contributed by atoms with Crippen LogP contribution in [0.15, 0.2) is 22.7 Å². The number of aryl methyl sites for hydroxylation is 1. The third-order valence-corrected chi connectivity index (χ3v) is 3.98. The lowest BCUT2D eigenvalue weighted by Gasteiger charge is -2.12. The van der Waals surface area contributed by atoms with E-state index in [2.05, 4.69) is 31.9 Å². The monoisotopic (exact) mass is 389 g/mol. The van der Waals surface area contributed by atoms with Crippen LogP contribution in [0.4, 0.5) is 5.69 Å². The third-order valence-electron chi connectivity index (χ3n) is 3.49. The molecule has 0 aromatic heterocycles. The number of anilines is 1. The number of carbonyl (C=O) groups is 2. The first-order valence-corrected chi connectivity index (χ1v) is 7.92. The van der Waals surface area contributed by atoms with Crippen molar-refractivity contribution >= 4 is 45.8 Å². The topological polar surface area (TPSA) is 70.2 Å². The molecule has 0 saturated carbocycles. The molecule has 1 aliphatic rings. The first-order chi connectivity index (χ1) is 10.1. The fourth-order valence-electron chi connectivity index (χ4n) is 2.31. The van der Waals surface area contributed by atoms with Gasteiger partial charge in [-0.15, -0.1) is 12.4 Å². The lowest BCUT2D eigenvalue weighted by Crippen LogP contribution is -2.41. The van der Waals surface area contributed by atoms with Crippen LogP contribution in [0.2, 0.25) is 0 Å². The molecule has 0 aliphatic carbocycles. The standard InChI is InChI=1S/C15H20BrN3O2.ClH/c1-10-9-11(16)4-5-12(10)19-14(20)6-8-18-15(21)13-3-2-7-17-13;/h4-5,9,13,17H,2-3,6-8H2,1H3,(H,18,21)(H,19,20);1H. The summed E-state index contributed by atoms with van der Waals surface area (Å²) in [6.07, 6.45) is 2.17. The van der Waals surface area contributed by atoms with Crippen molar-refractivity contribution in [2.45, 2.75) is 32.2 Å². The number of rotatable bonds is 5. The van der Waals surface area contributed by atoms with Gasteiger partial charge in [-0.1, -0.05) is 15.9 Å². The molecular weight excluding hydrogens is 370 g/mol. The van der Waals surface area contributed by atoms with Crippen molar-refractivity contribution in [1.29, 1.82) is 0 Å². The van der Waals surface area contributed by atoms with E-state index in [1.165, 1.54) is 0 Å². The average Bonchev–Trinajstić information content (AvgIpc) is 2.96. The molecule has 5 nitrogen and oxygen atoms in total. The Hall–Kier alpha value is -1.11. The summed E-state index contributed by atoms with van der Waals surface area (Å²) in [6, 6.07) is 5.60. The van der Waals surface area contributed by atoms with Crippen LogP contribution in [0.1, 0.15) is 24.8 Å². The van der Waals surface area contributed by atoms with E-state index in [0.717, 1.165) is 35.1 Å². The van der Waals surface area contributed by atoms with E-state index in [4.69, 9.17) is 0 Å². The Morgan fingerprint density at radius 3 is 2.82 bits per heavy atom. The minimum Gasteiger partial charge on any atom is -0.354 e. The molecule has 3 N–H and O–H groups in total. The summed E-state index contributed by atoms with van der Waals surface area (Å²) >= 11 is 3.39. The maximum absolute atomic E-state index is 11.9. The number of amides is 2. The smallest absolute Gasteiger partial charge is 0.237 e. The molecule has 7 heteroatoms. The lowest BCUT2D eigenvalue weighted by atomic mass is 10.2. The first kappa shape index (κ1) is 18.9. The fraction of sp³-hybridized carbons (Fsp3) is 0.467. The second kappa shape index (κ2) is 9.12. The highest BCUT2D eigenvalue weighted by molar-refractivity contribution is 9.10. The van der Waals surface area contributed by atoms with Crippen LogP contribution in [-0.4, -0.2) is 30.9 Å². The molecule has 2 rings (SSSR count). The second-order valence-electron chi connectivity index (χ2n) is 5.20. The number of hydrogen-bond acceptors (Lipinski definition) is 3. The Labute approximate surface area is 145 Å². The van der Waals surface area contributed by atoms with Gasteiger partial charge in [-0.3, -0.25) is 9.59 Å². The van der Waals surface area contributed by atoms with Crippen LogP contribution in [-0.2, 0) is 9.59 Å². The van der Waals surface area contributed by atoms with Gasteiger partial charge in [0.1, 0.15) is 0 Å². The summed E-state index contributed by atoms with van der Waals surface area (Å²) in [6.45, 7) is 3.19. The van der Waals surface area contributed by atoms with E-state index in [1.807, 2.05) is 25.1 Å². The van der Waals surface area contributed by atoms with E-state index in [0.29, 0.717) is 6.54 Å². The second-order valence-corrected chi connectivity index (χ2v) is 6.11. The molecule has 1 saturated heterocycles. The van der Waals surface area contributed by atoms with Gasteiger partial charge in [0.25, 0.3) is 0 Å². The molecule has 0 bridgehead atoms. The van der Waals surface area contributed by atoms with Crippen molar-refractivity contribution in [1.82, 2.24) is 10.6 Å².